The van der Waals surface area contributed by atoms with Gasteiger partial charge in [0.1, 0.15) is 0 Å². The van der Waals surface area contributed by atoms with Gasteiger partial charge in [-0.25, -0.2) is 9.59 Å². The molecule has 0 aromatic heterocycles. The van der Waals surface area contributed by atoms with Crippen LogP contribution >= 0.6 is 0 Å². The fourth-order valence-corrected chi connectivity index (χ4v) is 0.444. The summed E-state index contributed by atoms with van der Waals surface area (Å²) in [6.45, 7) is 2.31. The molecule has 15 heavy (non-hydrogen) atoms. The Morgan fingerprint density at radius 3 is 2.20 bits per heavy atom. The molecule has 0 saturated carbocycles. The van der Waals surface area contributed by atoms with Crippen LogP contribution in [-0.2, 0) is 14.3 Å². The average Bonchev–Trinajstić information content (AvgIpc) is 2.18. The van der Waals surface area contributed by atoms with Crippen LogP contribution in [0.1, 0.15) is 6.42 Å². The second-order valence-corrected chi connectivity index (χ2v) is 2.26. The molecule has 0 aliphatic heterocycles. The molecule has 0 amide bonds. The van der Waals surface area contributed by atoms with Gasteiger partial charge in [-0.2, -0.15) is 5.26 Å². The van der Waals surface area contributed by atoms with E-state index in [0.717, 1.165) is 13.1 Å². The highest BCUT2D eigenvalue weighted by Gasteiger charge is 2.04. The number of ether oxygens (including phenoxy) is 1. The summed E-state index contributed by atoms with van der Waals surface area (Å²) in [5.74, 6) is -3.65. The summed E-state index contributed by atoms with van der Waals surface area (Å²) in [5.41, 5.74) is 0. The fourth-order valence-electron chi connectivity index (χ4n) is 0.444. The first-order valence-corrected chi connectivity index (χ1v) is 4.09. The number of hydrogen-bond donors (Lipinski definition) is 3. The number of carboxylic acids is 2. The van der Waals surface area contributed by atoms with E-state index in [1.54, 1.807) is 7.11 Å². The Hall–Kier alpha value is -1.65. The van der Waals surface area contributed by atoms with E-state index in [1.165, 1.54) is 0 Å². The molecule has 0 fully saturated rings. The van der Waals surface area contributed by atoms with E-state index in [0.29, 0.717) is 13.0 Å². The molecule has 0 aliphatic carbocycles. The number of nitriles is 1. The van der Waals surface area contributed by atoms with E-state index in [2.05, 4.69) is 5.32 Å². The lowest BCUT2D eigenvalue weighted by Gasteiger charge is -1.98. The topological polar surface area (TPSA) is 120 Å². The van der Waals surface area contributed by atoms with Gasteiger partial charge < -0.3 is 20.3 Å². The normalized spacial score (nSPS) is 8.27. The molecule has 7 heteroatoms. The summed E-state index contributed by atoms with van der Waals surface area (Å²) >= 11 is 0. The SMILES string of the molecule is COCCNCCC#N.O=C(O)C(=O)O. The highest BCUT2D eigenvalue weighted by atomic mass is 16.5. The molecule has 86 valence electrons. The smallest absolute Gasteiger partial charge is 0.414 e. The van der Waals surface area contributed by atoms with Crippen molar-refractivity contribution in [3.8, 4) is 6.07 Å². The quantitative estimate of drug-likeness (QED) is 0.412. The van der Waals surface area contributed by atoms with Gasteiger partial charge in [0.2, 0.25) is 0 Å². The number of methoxy groups -OCH3 is 1. The molecular weight excluding hydrogens is 204 g/mol. The summed E-state index contributed by atoms with van der Waals surface area (Å²) in [7, 11) is 1.66. The number of nitrogens with one attached hydrogen (secondary N) is 1. The fraction of sp³-hybridized carbons (Fsp3) is 0.625. The second kappa shape index (κ2) is 12.3. The maximum atomic E-state index is 9.10. The van der Waals surface area contributed by atoms with Gasteiger partial charge in [0.05, 0.1) is 12.7 Å². The van der Waals surface area contributed by atoms with E-state index in [4.69, 9.17) is 29.8 Å². The lowest BCUT2D eigenvalue weighted by molar-refractivity contribution is -0.159. The van der Waals surface area contributed by atoms with Crippen LogP contribution in [0.15, 0.2) is 0 Å². The van der Waals surface area contributed by atoms with Crippen LogP contribution in [0.2, 0.25) is 0 Å². The minimum absolute atomic E-state index is 0.573. The standard InChI is InChI=1S/C6H12N2O.C2H2O4/c1-9-6-5-8-4-2-3-7;3-1(4)2(5)6/h8H,2,4-6H2,1H3;(H,3,4)(H,5,6). The molecule has 0 unspecified atom stereocenters. The maximum absolute atomic E-state index is 9.10. The number of hydrogen-bond acceptors (Lipinski definition) is 5. The Labute approximate surface area is 87.3 Å². The molecule has 0 rings (SSSR count). The van der Waals surface area contributed by atoms with Gasteiger partial charge in [-0.3, -0.25) is 0 Å². The second-order valence-electron chi connectivity index (χ2n) is 2.26. The summed E-state index contributed by atoms with van der Waals surface area (Å²) < 4.78 is 4.78. The minimum Gasteiger partial charge on any atom is -0.473 e. The Balaban J connectivity index is 0. The summed E-state index contributed by atoms with van der Waals surface area (Å²) in [4.78, 5) is 18.2. The molecule has 3 N–H and O–H groups in total. The van der Waals surface area contributed by atoms with Crippen LogP contribution in [0.25, 0.3) is 0 Å². The first kappa shape index (κ1) is 15.8. The van der Waals surface area contributed by atoms with Gasteiger partial charge in [0.25, 0.3) is 0 Å². The van der Waals surface area contributed by atoms with Gasteiger partial charge in [-0.15, -0.1) is 0 Å². The maximum Gasteiger partial charge on any atom is 0.414 e. The number of rotatable bonds is 5. The molecule has 0 radical (unpaired) electrons. The summed E-state index contributed by atoms with van der Waals surface area (Å²) in [6.07, 6.45) is 0.573. The van der Waals surface area contributed by atoms with Crippen molar-refractivity contribution in [1.29, 1.82) is 5.26 Å². The number of aliphatic carboxylic acids is 2. The van der Waals surface area contributed by atoms with Gasteiger partial charge in [0, 0.05) is 26.6 Å². The van der Waals surface area contributed by atoms with Crippen molar-refractivity contribution in [3.63, 3.8) is 0 Å². The third-order valence-electron chi connectivity index (χ3n) is 1.08. The Kier molecular flexibility index (Phi) is 13.0. The van der Waals surface area contributed by atoms with Gasteiger partial charge in [0.15, 0.2) is 0 Å². The lowest BCUT2D eigenvalue weighted by Crippen LogP contribution is -2.19. The van der Waals surface area contributed by atoms with E-state index in [-0.39, 0.29) is 0 Å². The molecule has 0 heterocycles. The minimum atomic E-state index is -1.82. The molecule has 0 aromatic carbocycles. The molecule has 0 spiro atoms. The van der Waals surface area contributed by atoms with Crippen molar-refractivity contribution >= 4 is 11.9 Å². The lowest BCUT2D eigenvalue weighted by atomic mass is 10.4. The predicted molar refractivity (Wildman–Crippen MR) is 50.2 cm³/mol. The third kappa shape index (κ3) is 19.0. The Morgan fingerprint density at radius 1 is 1.33 bits per heavy atom. The zero-order valence-electron chi connectivity index (χ0n) is 8.39. The van der Waals surface area contributed by atoms with Crippen molar-refractivity contribution in [1.82, 2.24) is 5.32 Å². The zero-order valence-corrected chi connectivity index (χ0v) is 8.39. The van der Waals surface area contributed by atoms with Crippen LogP contribution < -0.4 is 5.32 Å². The third-order valence-corrected chi connectivity index (χ3v) is 1.08. The van der Waals surface area contributed by atoms with Crippen LogP contribution in [0.3, 0.4) is 0 Å². The van der Waals surface area contributed by atoms with Crippen LogP contribution in [-0.4, -0.2) is 49.0 Å². The van der Waals surface area contributed by atoms with Crippen molar-refractivity contribution in [2.24, 2.45) is 0 Å². The van der Waals surface area contributed by atoms with Crippen LogP contribution in [0, 0.1) is 11.3 Å². The molecule has 0 atom stereocenters. The summed E-state index contributed by atoms with van der Waals surface area (Å²) in [5, 5.41) is 25.9. The number of carbonyl (C=O) groups is 2. The molecule has 7 nitrogen and oxygen atoms in total. The largest absolute Gasteiger partial charge is 0.473 e. The van der Waals surface area contributed by atoms with Crippen LogP contribution in [0.4, 0.5) is 0 Å². The average molecular weight is 218 g/mol. The van der Waals surface area contributed by atoms with E-state index in [9.17, 15) is 0 Å². The van der Waals surface area contributed by atoms with Crippen molar-refractivity contribution < 1.29 is 24.5 Å². The number of nitrogens with zero attached hydrogens (tertiary/aromatic N) is 1. The number of carboxylic acid groups (broad SMARTS) is 2. The monoisotopic (exact) mass is 218 g/mol. The first-order chi connectivity index (χ1) is 7.06. The summed E-state index contributed by atoms with van der Waals surface area (Å²) in [6, 6.07) is 2.04. The Bertz CT molecular complexity index is 212. The van der Waals surface area contributed by atoms with Gasteiger partial charge in [-0.1, -0.05) is 0 Å². The molecule has 0 aliphatic rings. The Morgan fingerprint density at radius 2 is 1.87 bits per heavy atom. The molecule has 0 bridgehead atoms. The van der Waals surface area contributed by atoms with Crippen LogP contribution in [0.5, 0.6) is 0 Å². The van der Waals surface area contributed by atoms with Gasteiger partial charge >= 0.3 is 11.9 Å². The van der Waals surface area contributed by atoms with Crippen molar-refractivity contribution in [3.05, 3.63) is 0 Å². The molecular formula is C8H14N2O5. The highest BCUT2D eigenvalue weighted by molar-refractivity contribution is 6.27. The molecule has 0 aromatic rings. The predicted octanol–water partition coefficient (Wildman–Crippen LogP) is -0.708. The van der Waals surface area contributed by atoms with E-state index in [1.807, 2.05) is 6.07 Å². The molecule has 0 saturated heterocycles. The van der Waals surface area contributed by atoms with Crippen molar-refractivity contribution in [2.75, 3.05) is 26.8 Å². The zero-order chi connectivity index (χ0) is 12.1. The van der Waals surface area contributed by atoms with Crippen molar-refractivity contribution in [2.45, 2.75) is 6.42 Å². The van der Waals surface area contributed by atoms with E-state index >= 15 is 0 Å². The highest BCUT2D eigenvalue weighted by Crippen LogP contribution is 1.69. The van der Waals surface area contributed by atoms with Gasteiger partial charge in [-0.05, 0) is 0 Å². The first-order valence-electron chi connectivity index (χ1n) is 4.09. The van der Waals surface area contributed by atoms with E-state index < -0.39 is 11.9 Å².